The van der Waals surface area contributed by atoms with Crippen molar-refractivity contribution in [1.82, 2.24) is 30.8 Å². The van der Waals surface area contributed by atoms with Crippen LogP contribution in [0.5, 0.6) is 0 Å². The van der Waals surface area contributed by atoms with Gasteiger partial charge < -0.3 is 30.7 Å². The molecule has 2 aliphatic rings. The molecule has 0 radical (unpaired) electrons. The first-order chi connectivity index (χ1) is 24.6. The molecular formula is C38H50N6O5S2. The number of carbonyl (C=O) groups is 3. The highest BCUT2D eigenvalue weighted by Gasteiger charge is 2.36. The predicted octanol–water partition coefficient (Wildman–Crippen LogP) is 6.62. The molecule has 4 atom stereocenters. The molecule has 4 amide bonds. The standard InChI is InChI=1S/C38H50N6O5S2/c1-25(2)36-41-31(23-50-36)21-44(32-16-17-32)37(47)43-34(26(3)45)35(46)40-29(18-27-10-6-4-7-11-27)14-15-30(19-28-12-8-5-9-13-28)42-38(48)49-22-33-20-39-24-51-33/h5-6,8-13,20,23-26,29-30,32,34,45H,4,7,14-19,21-22H2,1-3H3,(H,40,46)(H,42,48)(H,43,47). The third-order valence-electron chi connectivity index (χ3n) is 8.93. The number of aliphatic hydroxyl groups excluding tert-OH is 1. The quantitative estimate of drug-likeness (QED) is 0.115. The van der Waals surface area contributed by atoms with E-state index >= 15 is 0 Å². The van der Waals surface area contributed by atoms with Gasteiger partial charge in [-0.1, -0.05) is 68.0 Å². The van der Waals surface area contributed by atoms with Crippen LogP contribution in [-0.4, -0.2) is 68.3 Å². The van der Waals surface area contributed by atoms with E-state index in [1.54, 1.807) is 27.9 Å². The average molecular weight is 735 g/mol. The first kappa shape index (κ1) is 38.2. The summed E-state index contributed by atoms with van der Waals surface area (Å²) in [6.07, 6.45) is 12.4. The van der Waals surface area contributed by atoms with Gasteiger partial charge in [-0.15, -0.1) is 22.7 Å². The van der Waals surface area contributed by atoms with E-state index < -0.39 is 30.2 Å². The zero-order valence-corrected chi connectivity index (χ0v) is 31.3. The van der Waals surface area contributed by atoms with Crippen molar-refractivity contribution < 1.29 is 24.2 Å². The van der Waals surface area contributed by atoms with Gasteiger partial charge in [0, 0.05) is 35.6 Å². The number of rotatable bonds is 18. The summed E-state index contributed by atoms with van der Waals surface area (Å²) in [6.45, 7) is 6.18. The smallest absolute Gasteiger partial charge is 0.407 e. The topological polar surface area (TPSA) is 146 Å². The molecule has 1 fully saturated rings. The van der Waals surface area contributed by atoms with Gasteiger partial charge >= 0.3 is 12.1 Å². The number of nitrogens with zero attached hydrogens (tertiary/aromatic N) is 3. The third kappa shape index (κ3) is 12.3. The van der Waals surface area contributed by atoms with Crippen LogP contribution in [0.3, 0.4) is 0 Å². The normalized spacial score (nSPS) is 16.5. The zero-order valence-electron chi connectivity index (χ0n) is 29.6. The number of thiazole rings is 2. The van der Waals surface area contributed by atoms with Gasteiger partial charge in [-0.3, -0.25) is 9.78 Å². The van der Waals surface area contributed by atoms with Gasteiger partial charge in [0.2, 0.25) is 5.91 Å². The molecular weight excluding hydrogens is 685 g/mol. The molecule has 0 aliphatic heterocycles. The van der Waals surface area contributed by atoms with Crippen LogP contribution in [0.2, 0.25) is 0 Å². The second kappa shape index (κ2) is 19.0. The van der Waals surface area contributed by atoms with Gasteiger partial charge in [-0.05, 0) is 63.9 Å². The number of ether oxygens (including phenoxy) is 1. The molecule has 0 saturated heterocycles. The Morgan fingerprint density at radius 1 is 1.00 bits per heavy atom. The minimum absolute atomic E-state index is 0.0763. The number of hydrogen-bond acceptors (Lipinski definition) is 9. The van der Waals surface area contributed by atoms with Gasteiger partial charge in [-0.2, -0.15) is 0 Å². The van der Waals surface area contributed by atoms with Gasteiger partial charge in [0.1, 0.15) is 12.6 Å². The van der Waals surface area contributed by atoms with E-state index in [2.05, 4.69) is 53.0 Å². The number of carbonyl (C=O) groups excluding carboxylic acids is 3. The summed E-state index contributed by atoms with van der Waals surface area (Å²) in [4.78, 5) is 51.7. The molecule has 0 spiro atoms. The van der Waals surface area contributed by atoms with Crippen LogP contribution in [0.15, 0.2) is 71.2 Å². The van der Waals surface area contributed by atoms with Crippen molar-refractivity contribution in [2.75, 3.05) is 0 Å². The molecule has 5 rings (SSSR count). The number of hydrogen-bond donors (Lipinski definition) is 4. The fraction of sp³-hybridized carbons (Fsp3) is 0.500. The fourth-order valence-corrected chi connectivity index (χ4v) is 7.35. The summed E-state index contributed by atoms with van der Waals surface area (Å²) in [5, 5.41) is 22.8. The number of benzene rings is 1. The summed E-state index contributed by atoms with van der Waals surface area (Å²) < 4.78 is 5.49. The van der Waals surface area contributed by atoms with Gasteiger partial charge in [0.05, 0.1) is 33.7 Å². The van der Waals surface area contributed by atoms with Crippen molar-refractivity contribution in [3.05, 3.63) is 92.4 Å². The Morgan fingerprint density at radius 2 is 1.76 bits per heavy atom. The van der Waals surface area contributed by atoms with Crippen molar-refractivity contribution in [3.8, 4) is 0 Å². The Hall–Kier alpha value is -4.07. The summed E-state index contributed by atoms with van der Waals surface area (Å²) in [7, 11) is 0. The monoisotopic (exact) mass is 734 g/mol. The number of alkyl carbamates (subject to hydrolysis) is 1. The van der Waals surface area contributed by atoms with Crippen molar-refractivity contribution >= 4 is 40.7 Å². The first-order valence-corrected chi connectivity index (χ1v) is 19.6. The third-order valence-corrected chi connectivity index (χ3v) is 10.9. The molecule has 11 nitrogen and oxygen atoms in total. The second-order valence-corrected chi connectivity index (χ2v) is 15.5. The van der Waals surface area contributed by atoms with Crippen molar-refractivity contribution in [1.29, 1.82) is 0 Å². The Morgan fingerprint density at radius 3 is 2.39 bits per heavy atom. The number of nitrogens with one attached hydrogen (secondary N) is 3. The lowest BCUT2D eigenvalue weighted by Crippen LogP contribution is -2.57. The van der Waals surface area contributed by atoms with E-state index in [-0.39, 0.29) is 24.7 Å². The molecule has 1 aromatic carbocycles. The SMILES string of the molecule is CC(C)c1nc(CN(C(=O)NC(C(=O)NC(CCC(Cc2ccccc2)NC(=O)OCc2cncs2)CC2=CCCC=C2)C(C)O)C2CC2)cs1. The van der Waals surface area contributed by atoms with E-state index in [1.165, 1.54) is 18.3 Å². The lowest BCUT2D eigenvalue weighted by atomic mass is 9.94. The highest BCUT2D eigenvalue weighted by atomic mass is 32.1. The molecule has 2 aromatic heterocycles. The van der Waals surface area contributed by atoms with E-state index in [9.17, 15) is 19.5 Å². The van der Waals surface area contributed by atoms with Crippen LogP contribution >= 0.6 is 22.7 Å². The van der Waals surface area contributed by atoms with Gasteiger partial charge in [0.25, 0.3) is 0 Å². The molecule has 2 heterocycles. The molecule has 4 N–H and O–H groups in total. The summed E-state index contributed by atoms with van der Waals surface area (Å²) in [5.74, 6) is -0.151. The molecule has 13 heteroatoms. The van der Waals surface area contributed by atoms with Crippen LogP contribution in [0.4, 0.5) is 9.59 Å². The maximum absolute atomic E-state index is 13.9. The molecule has 3 aromatic rings. The lowest BCUT2D eigenvalue weighted by molar-refractivity contribution is -0.126. The maximum atomic E-state index is 13.9. The minimum Gasteiger partial charge on any atom is -0.444 e. The lowest BCUT2D eigenvalue weighted by Gasteiger charge is -2.29. The summed E-state index contributed by atoms with van der Waals surface area (Å²) in [5.41, 5.74) is 4.70. The van der Waals surface area contributed by atoms with E-state index in [1.807, 2.05) is 35.7 Å². The van der Waals surface area contributed by atoms with Crippen molar-refractivity contribution in [2.45, 2.75) is 121 Å². The fourth-order valence-electron chi connectivity index (χ4n) is 6.01. The largest absolute Gasteiger partial charge is 0.444 e. The predicted molar refractivity (Wildman–Crippen MR) is 200 cm³/mol. The Labute approximate surface area is 308 Å². The van der Waals surface area contributed by atoms with E-state index in [0.717, 1.165) is 52.4 Å². The molecule has 1 saturated carbocycles. The highest BCUT2D eigenvalue weighted by Crippen LogP contribution is 2.29. The van der Waals surface area contributed by atoms with Crippen LogP contribution in [0, 0.1) is 0 Å². The zero-order chi connectivity index (χ0) is 36.2. The van der Waals surface area contributed by atoms with Crippen LogP contribution < -0.4 is 16.0 Å². The number of urea groups is 1. The number of amides is 4. The Balaban J connectivity index is 1.25. The first-order valence-electron chi connectivity index (χ1n) is 17.8. The van der Waals surface area contributed by atoms with E-state index in [4.69, 9.17) is 9.72 Å². The molecule has 2 aliphatic carbocycles. The summed E-state index contributed by atoms with van der Waals surface area (Å²) in [6, 6.07) is 7.87. The maximum Gasteiger partial charge on any atom is 0.407 e. The number of allylic oxidation sites excluding steroid dienone is 3. The van der Waals surface area contributed by atoms with E-state index in [0.29, 0.717) is 38.1 Å². The molecule has 4 unspecified atom stereocenters. The van der Waals surface area contributed by atoms with Crippen LogP contribution in [-0.2, 0) is 29.1 Å². The average Bonchev–Trinajstić information content (AvgIpc) is 3.59. The molecule has 0 bridgehead atoms. The van der Waals surface area contributed by atoms with Gasteiger partial charge in [0.15, 0.2) is 0 Å². The second-order valence-electron chi connectivity index (χ2n) is 13.7. The minimum atomic E-state index is -1.15. The number of aromatic nitrogens is 2. The Kier molecular flexibility index (Phi) is 14.2. The Bertz CT molecular complexity index is 1620. The van der Waals surface area contributed by atoms with Crippen molar-refractivity contribution in [3.63, 3.8) is 0 Å². The summed E-state index contributed by atoms with van der Waals surface area (Å²) >= 11 is 3.01. The molecule has 51 heavy (non-hydrogen) atoms. The molecule has 274 valence electrons. The van der Waals surface area contributed by atoms with Crippen LogP contribution in [0.1, 0.15) is 92.8 Å². The van der Waals surface area contributed by atoms with Gasteiger partial charge in [-0.25, -0.2) is 14.6 Å². The highest BCUT2D eigenvalue weighted by molar-refractivity contribution is 7.09. The van der Waals surface area contributed by atoms with Crippen molar-refractivity contribution in [2.24, 2.45) is 0 Å². The number of aliphatic hydroxyl groups is 1. The van der Waals surface area contributed by atoms with Crippen LogP contribution in [0.25, 0.3) is 0 Å².